The molecule has 1 unspecified atom stereocenters. The second kappa shape index (κ2) is 4.98. The van der Waals surface area contributed by atoms with Gasteiger partial charge < -0.3 is 4.90 Å². The minimum absolute atomic E-state index is 0.149. The van der Waals surface area contributed by atoms with E-state index in [-0.39, 0.29) is 23.1 Å². The summed E-state index contributed by atoms with van der Waals surface area (Å²) >= 11 is 0. The Balaban J connectivity index is 2.71. The third kappa shape index (κ3) is 2.83. The molecule has 3 heteroatoms. The fourth-order valence-corrected chi connectivity index (χ4v) is 2.19. The molecule has 1 heterocycles. The van der Waals surface area contributed by atoms with Gasteiger partial charge in [0.25, 0.3) is 0 Å². The molecule has 3 nitrogen and oxygen atoms in total. The lowest BCUT2D eigenvalue weighted by Gasteiger charge is -2.32. The normalized spacial score (nSPS) is 21.2. The smallest absolute Gasteiger partial charge is 0.228 e. The lowest BCUT2D eigenvalue weighted by Crippen LogP contribution is -2.44. The molecule has 0 spiro atoms. The molecular weight excluding hydrogens is 202 g/mol. The van der Waals surface area contributed by atoms with Crippen LogP contribution < -0.4 is 0 Å². The van der Waals surface area contributed by atoms with E-state index in [1.807, 2.05) is 25.7 Å². The number of carbonyl (C=O) groups is 2. The standard InChI is InChI=1S/C13H23NO2/c1-5-13(3,4)12(16)14-8-6-7-11(14)9-10(2)15/h11H,5-9H2,1-4H3. The van der Waals surface area contributed by atoms with Crippen LogP contribution in [0.4, 0.5) is 0 Å². The molecule has 1 amide bonds. The number of nitrogens with zero attached hydrogens (tertiary/aromatic N) is 1. The highest BCUT2D eigenvalue weighted by molar-refractivity contribution is 5.83. The summed E-state index contributed by atoms with van der Waals surface area (Å²) in [7, 11) is 0. The highest BCUT2D eigenvalue weighted by Gasteiger charge is 2.36. The second-order valence-electron chi connectivity index (χ2n) is 5.44. The van der Waals surface area contributed by atoms with E-state index in [0.29, 0.717) is 6.42 Å². The van der Waals surface area contributed by atoms with Crippen molar-refractivity contribution in [3.05, 3.63) is 0 Å². The largest absolute Gasteiger partial charge is 0.339 e. The van der Waals surface area contributed by atoms with Crippen LogP contribution in [0.1, 0.15) is 53.4 Å². The number of amides is 1. The van der Waals surface area contributed by atoms with Gasteiger partial charge in [-0.05, 0) is 26.2 Å². The van der Waals surface area contributed by atoms with Crippen LogP contribution in [-0.2, 0) is 9.59 Å². The number of ketones is 1. The lowest BCUT2D eigenvalue weighted by molar-refractivity contribution is -0.141. The van der Waals surface area contributed by atoms with Crippen LogP contribution in [0.2, 0.25) is 0 Å². The average molecular weight is 225 g/mol. The average Bonchev–Trinajstić information content (AvgIpc) is 2.63. The van der Waals surface area contributed by atoms with Crippen LogP contribution >= 0.6 is 0 Å². The quantitative estimate of drug-likeness (QED) is 0.736. The third-order valence-electron chi connectivity index (χ3n) is 3.62. The summed E-state index contributed by atoms with van der Waals surface area (Å²) in [6.45, 7) is 8.43. The predicted octanol–water partition coefficient (Wildman–Crippen LogP) is 2.39. The number of hydrogen-bond donors (Lipinski definition) is 0. The van der Waals surface area contributed by atoms with Crippen molar-refractivity contribution in [2.24, 2.45) is 5.41 Å². The molecule has 16 heavy (non-hydrogen) atoms. The number of rotatable bonds is 4. The van der Waals surface area contributed by atoms with Crippen LogP contribution in [0.15, 0.2) is 0 Å². The molecule has 1 saturated heterocycles. The van der Waals surface area contributed by atoms with Crippen molar-refractivity contribution in [1.82, 2.24) is 4.90 Å². The highest BCUT2D eigenvalue weighted by Crippen LogP contribution is 2.29. The molecule has 0 aromatic carbocycles. The Hall–Kier alpha value is -0.860. The molecular formula is C13H23NO2. The van der Waals surface area contributed by atoms with Gasteiger partial charge in [-0.25, -0.2) is 0 Å². The van der Waals surface area contributed by atoms with Crippen molar-refractivity contribution in [2.75, 3.05) is 6.54 Å². The van der Waals surface area contributed by atoms with Crippen molar-refractivity contribution in [2.45, 2.75) is 59.4 Å². The van der Waals surface area contributed by atoms with Gasteiger partial charge in [0.1, 0.15) is 5.78 Å². The Morgan fingerprint density at radius 3 is 2.50 bits per heavy atom. The van der Waals surface area contributed by atoms with Crippen molar-refractivity contribution in [1.29, 1.82) is 0 Å². The van der Waals surface area contributed by atoms with E-state index >= 15 is 0 Å². The molecule has 1 fully saturated rings. The van der Waals surface area contributed by atoms with E-state index in [1.165, 1.54) is 0 Å². The van der Waals surface area contributed by atoms with Gasteiger partial charge in [-0.1, -0.05) is 20.8 Å². The molecule has 1 aliphatic rings. The summed E-state index contributed by atoms with van der Waals surface area (Å²) in [6, 6.07) is 0.149. The Bertz CT molecular complexity index is 284. The molecule has 0 bridgehead atoms. The van der Waals surface area contributed by atoms with Gasteiger partial charge in [0.05, 0.1) is 0 Å². The van der Waals surface area contributed by atoms with E-state index in [0.717, 1.165) is 25.8 Å². The van der Waals surface area contributed by atoms with Crippen LogP contribution in [0.5, 0.6) is 0 Å². The summed E-state index contributed by atoms with van der Waals surface area (Å²) in [5.41, 5.74) is -0.292. The van der Waals surface area contributed by atoms with Crippen molar-refractivity contribution in [3.63, 3.8) is 0 Å². The third-order valence-corrected chi connectivity index (χ3v) is 3.62. The van der Waals surface area contributed by atoms with Gasteiger partial charge >= 0.3 is 0 Å². The minimum Gasteiger partial charge on any atom is -0.339 e. The van der Waals surface area contributed by atoms with Crippen molar-refractivity contribution >= 4 is 11.7 Å². The number of likely N-dealkylation sites (tertiary alicyclic amines) is 1. The van der Waals surface area contributed by atoms with Gasteiger partial charge in [-0.2, -0.15) is 0 Å². The summed E-state index contributed by atoms with van der Waals surface area (Å²) < 4.78 is 0. The molecule has 0 aromatic rings. The van der Waals surface area contributed by atoms with Crippen LogP contribution in [0.25, 0.3) is 0 Å². The summed E-state index contributed by atoms with van der Waals surface area (Å²) in [4.78, 5) is 25.4. The number of Topliss-reactive ketones (excluding diaryl/α,β-unsaturated/α-hetero) is 1. The second-order valence-corrected chi connectivity index (χ2v) is 5.44. The van der Waals surface area contributed by atoms with Gasteiger partial charge in [0.15, 0.2) is 0 Å². The summed E-state index contributed by atoms with van der Waals surface area (Å²) in [6.07, 6.45) is 3.37. The maximum atomic E-state index is 12.3. The molecule has 0 N–H and O–H groups in total. The van der Waals surface area contributed by atoms with Gasteiger partial charge in [0.2, 0.25) is 5.91 Å². The van der Waals surface area contributed by atoms with Gasteiger partial charge in [-0.3, -0.25) is 9.59 Å². The first kappa shape index (κ1) is 13.2. The zero-order chi connectivity index (χ0) is 12.3. The maximum Gasteiger partial charge on any atom is 0.228 e. The Kier molecular flexibility index (Phi) is 4.11. The summed E-state index contributed by atoms with van der Waals surface area (Å²) in [5, 5.41) is 0. The zero-order valence-corrected chi connectivity index (χ0v) is 10.9. The highest BCUT2D eigenvalue weighted by atomic mass is 16.2. The van der Waals surface area contributed by atoms with Crippen LogP contribution in [0.3, 0.4) is 0 Å². The molecule has 92 valence electrons. The fraction of sp³-hybridized carbons (Fsp3) is 0.846. The van der Waals surface area contributed by atoms with E-state index in [1.54, 1.807) is 6.92 Å². The molecule has 1 rings (SSSR count). The predicted molar refractivity (Wildman–Crippen MR) is 64.1 cm³/mol. The zero-order valence-electron chi connectivity index (χ0n) is 10.9. The molecule has 0 aliphatic carbocycles. The van der Waals surface area contributed by atoms with Gasteiger partial charge in [0, 0.05) is 24.4 Å². The van der Waals surface area contributed by atoms with Gasteiger partial charge in [-0.15, -0.1) is 0 Å². The van der Waals surface area contributed by atoms with Crippen molar-refractivity contribution in [3.8, 4) is 0 Å². The first-order valence-electron chi connectivity index (χ1n) is 6.19. The Morgan fingerprint density at radius 1 is 1.38 bits per heavy atom. The number of hydrogen-bond acceptors (Lipinski definition) is 2. The Labute approximate surface area is 98.2 Å². The molecule has 0 saturated carbocycles. The first-order valence-corrected chi connectivity index (χ1v) is 6.19. The molecule has 1 atom stereocenters. The molecule has 1 aliphatic heterocycles. The van der Waals surface area contributed by atoms with E-state index in [2.05, 4.69) is 0 Å². The SMILES string of the molecule is CCC(C)(C)C(=O)N1CCCC1CC(C)=O. The van der Waals surface area contributed by atoms with Crippen LogP contribution in [0, 0.1) is 5.41 Å². The molecule has 0 radical (unpaired) electrons. The van der Waals surface area contributed by atoms with Crippen molar-refractivity contribution < 1.29 is 9.59 Å². The van der Waals surface area contributed by atoms with E-state index in [4.69, 9.17) is 0 Å². The maximum absolute atomic E-state index is 12.3. The number of carbonyl (C=O) groups excluding carboxylic acids is 2. The van der Waals surface area contributed by atoms with Crippen LogP contribution in [-0.4, -0.2) is 29.2 Å². The Morgan fingerprint density at radius 2 is 2.00 bits per heavy atom. The fourth-order valence-electron chi connectivity index (χ4n) is 2.19. The van der Waals surface area contributed by atoms with E-state index in [9.17, 15) is 9.59 Å². The van der Waals surface area contributed by atoms with E-state index < -0.39 is 0 Å². The monoisotopic (exact) mass is 225 g/mol. The minimum atomic E-state index is -0.292. The first-order chi connectivity index (χ1) is 7.38. The lowest BCUT2D eigenvalue weighted by atomic mass is 9.88. The summed E-state index contributed by atoms with van der Waals surface area (Å²) in [5.74, 6) is 0.387. The molecule has 0 aromatic heterocycles. The topological polar surface area (TPSA) is 37.4 Å².